The molecule has 0 spiro atoms. The number of hydrogen-bond donors (Lipinski definition) is 1. The van der Waals surface area contributed by atoms with E-state index in [0.29, 0.717) is 18.9 Å². The molecule has 124 valence electrons. The summed E-state index contributed by atoms with van der Waals surface area (Å²) in [6.45, 7) is 4.90. The van der Waals surface area contributed by atoms with Crippen LogP contribution in [0.3, 0.4) is 0 Å². The number of ether oxygens (including phenoxy) is 2. The number of aryl methyl sites for hydroxylation is 1. The van der Waals surface area contributed by atoms with Gasteiger partial charge in [-0.2, -0.15) is 0 Å². The van der Waals surface area contributed by atoms with Crippen molar-refractivity contribution in [2.75, 3.05) is 27.4 Å². The Morgan fingerprint density at radius 3 is 2.39 bits per heavy atom. The topological polar surface area (TPSA) is 41.9 Å². The Balaban J connectivity index is 2.16. The van der Waals surface area contributed by atoms with E-state index in [1.54, 1.807) is 26.4 Å². The minimum atomic E-state index is 0.260. The van der Waals surface area contributed by atoms with Crippen molar-refractivity contribution in [2.24, 2.45) is 0 Å². The van der Waals surface area contributed by atoms with E-state index in [1.807, 2.05) is 6.07 Å². The van der Waals surface area contributed by atoms with Gasteiger partial charge in [0.1, 0.15) is 11.5 Å². The summed E-state index contributed by atoms with van der Waals surface area (Å²) in [7, 11) is 3.32. The lowest BCUT2D eigenvalue weighted by Crippen LogP contribution is -2.27. The number of aromatic hydroxyl groups is 1. The van der Waals surface area contributed by atoms with Gasteiger partial charge in [-0.05, 0) is 24.6 Å². The average molecular weight is 315 g/mol. The Labute approximate surface area is 138 Å². The molecule has 0 atom stereocenters. The SMILES string of the molecule is COCCN(Cc1ccc(C)cc1)Cc1c(O)cccc1OC. The second-order valence-corrected chi connectivity index (χ2v) is 5.65. The molecule has 0 bridgehead atoms. The van der Waals surface area contributed by atoms with Gasteiger partial charge in [-0.1, -0.05) is 35.9 Å². The van der Waals surface area contributed by atoms with Gasteiger partial charge in [0.05, 0.1) is 13.7 Å². The zero-order valence-corrected chi connectivity index (χ0v) is 14.1. The molecule has 2 rings (SSSR count). The van der Waals surface area contributed by atoms with Crippen molar-refractivity contribution in [3.05, 3.63) is 59.2 Å². The molecule has 4 heteroatoms. The molecule has 0 radical (unpaired) electrons. The molecule has 0 unspecified atom stereocenters. The van der Waals surface area contributed by atoms with Gasteiger partial charge < -0.3 is 14.6 Å². The zero-order chi connectivity index (χ0) is 16.7. The van der Waals surface area contributed by atoms with Gasteiger partial charge in [-0.15, -0.1) is 0 Å². The molecule has 0 aliphatic rings. The summed E-state index contributed by atoms with van der Waals surface area (Å²) in [5.74, 6) is 0.965. The average Bonchev–Trinajstić information content (AvgIpc) is 2.56. The molecule has 0 fully saturated rings. The van der Waals surface area contributed by atoms with Crippen molar-refractivity contribution in [3.63, 3.8) is 0 Å². The van der Waals surface area contributed by atoms with Gasteiger partial charge in [0.15, 0.2) is 0 Å². The third-order valence-electron chi connectivity index (χ3n) is 3.85. The van der Waals surface area contributed by atoms with Crippen LogP contribution < -0.4 is 4.74 Å². The lowest BCUT2D eigenvalue weighted by atomic mass is 10.1. The van der Waals surface area contributed by atoms with Crippen molar-refractivity contribution in [3.8, 4) is 11.5 Å². The van der Waals surface area contributed by atoms with Crippen molar-refractivity contribution in [1.82, 2.24) is 4.90 Å². The van der Waals surface area contributed by atoms with E-state index in [1.165, 1.54) is 11.1 Å². The molecular weight excluding hydrogens is 290 g/mol. The molecular formula is C19H25NO3. The minimum absolute atomic E-state index is 0.260. The molecule has 0 saturated heterocycles. The van der Waals surface area contributed by atoms with E-state index in [4.69, 9.17) is 9.47 Å². The highest BCUT2D eigenvalue weighted by Crippen LogP contribution is 2.29. The molecule has 0 saturated carbocycles. The van der Waals surface area contributed by atoms with Gasteiger partial charge in [0.2, 0.25) is 0 Å². The van der Waals surface area contributed by atoms with Crippen LogP contribution in [0, 0.1) is 6.92 Å². The van der Waals surface area contributed by atoms with Crippen molar-refractivity contribution < 1.29 is 14.6 Å². The smallest absolute Gasteiger partial charge is 0.127 e. The zero-order valence-electron chi connectivity index (χ0n) is 14.1. The van der Waals surface area contributed by atoms with Crippen LogP contribution in [-0.4, -0.2) is 37.4 Å². The van der Waals surface area contributed by atoms with Crippen LogP contribution in [-0.2, 0) is 17.8 Å². The van der Waals surface area contributed by atoms with Crippen LogP contribution in [0.5, 0.6) is 11.5 Å². The Hall–Kier alpha value is -2.04. The summed E-state index contributed by atoms with van der Waals surface area (Å²) in [4.78, 5) is 2.24. The molecule has 2 aromatic carbocycles. The summed E-state index contributed by atoms with van der Waals surface area (Å²) in [6.07, 6.45) is 0. The molecule has 0 amide bonds. The van der Waals surface area contributed by atoms with Crippen LogP contribution in [0.25, 0.3) is 0 Å². The maximum absolute atomic E-state index is 10.2. The number of methoxy groups -OCH3 is 2. The molecule has 1 N–H and O–H groups in total. The maximum atomic E-state index is 10.2. The minimum Gasteiger partial charge on any atom is -0.507 e. The van der Waals surface area contributed by atoms with Gasteiger partial charge in [-0.25, -0.2) is 0 Å². The first kappa shape index (κ1) is 17.3. The standard InChI is InChI=1S/C19H25NO3/c1-15-7-9-16(10-8-15)13-20(11-12-22-2)14-17-18(21)5-4-6-19(17)23-3/h4-10,21H,11-14H2,1-3H3. The fraction of sp³-hybridized carbons (Fsp3) is 0.368. The van der Waals surface area contributed by atoms with Crippen LogP contribution in [0.4, 0.5) is 0 Å². The third-order valence-corrected chi connectivity index (χ3v) is 3.85. The van der Waals surface area contributed by atoms with Crippen molar-refractivity contribution in [1.29, 1.82) is 0 Å². The normalized spacial score (nSPS) is 11.0. The maximum Gasteiger partial charge on any atom is 0.127 e. The van der Waals surface area contributed by atoms with Crippen LogP contribution >= 0.6 is 0 Å². The van der Waals surface area contributed by atoms with Gasteiger partial charge in [0.25, 0.3) is 0 Å². The highest BCUT2D eigenvalue weighted by Gasteiger charge is 2.14. The summed E-state index contributed by atoms with van der Waals surface area (Å²) in [6, 6.07) is 13.9. The molecule has 0 aliphatic carbocycles. The molecule has 23 heavy (non-hydrogen) atoms. The summed E-state index contributed by atoms with van der Waals surface area (Å²) < 4.78 is 10.6. The fourth-order valence-electron chi connectivity index (χ4n) is 2.51. The Bertz CT molecular complexity index is 611. The summed E-state index contributed by atoms with van der Waals surface area (Å²) in [5.41, 5.74) is 3.29. The van der Waals surface area contributed by atoms with Gasteiger partial charge in [0, 0.05) is 32.3 Å². The van der Waals surface area contributed by atoms with Crippen LogP contribution in [0.2, 0.25) is 0 Å². The second kappa shape index (κ2) is 8.56. The van der Waals surface area contributed by atoms with Crippen molar-refractivity contribution in [2.45, 2.75) is 20.0 Å². The number of phenols is 1. The third kappa shape index (κ3) is 4.98. The summed E-state index contributed by atoms with van der Waals surface area (Å²) >= 11 is 0. The van der Waals surface area contributed by atoms with E-state index >= 15 is 0 Å². The largest absolute Gasteiger partial charge is 0.507 e. The number of phenolic OH excluding ortho intramolecular Hbond substituents is 1. The highest BCUT2D eigenvalue weighted by atomic mass is 16.5. The van der Waals surface area contributed by atoms with Gasteiger partial charge >= 0.3 is 0 Å². The molecule has 0 aliphatic heterocycles. The fourth-order valence-corrected chi connectivity index (χ4v) is 2.51. The molecule has 0 heterocycles. The van der Waals surface area contributed by atoms with E-state index < -0.39 is 0 Å². The Morgan fingerprint density at radius 1 is 1.00 bits per heavy atom. The Morgan fingerprint density at radius 2 is 1.74 bits per heavy atom. The lowest BCUT2D eigenvalue weighted by molar-refractivity contribution is 0.138. The van der Waals surface area contributed by atoms with Crippen LogP contribution in [0.15, 0.2) is 42.5 Å². The molecule has 0 aromatic heterocycles. The highest BCUT2D eigenvalue weighted by molar-refractivity contribution is 5.43. The Kier molecular flexibility index (Phi) is 6.44. The van der Waals surface area contributed by atoms with E-state index in [-0.39, 0.29) is 5.75 Å². The molecule has 2 aromatic rings. The van der Waals surface area contributed by atoms with E-state index in [9.17, 15) is 5.11 Å². The molecule has 4 nitrogen and oxygen atoms in total. The number of hydrogen-bond acceptors (Lipinski definition) is 4. The lowest BCUT2D eigenvalue weighted by Gasteiger charge is -2.23. The van der Waals surface area contributed by atoms with Crippen molar-refractivity contribution >= 4 is 0 Å². The van der Waals surface area contributed by atoms with E-state index in [2.05, 4.69) is 36.1 Å². The first-order valence-electron chi connectivity index (χ1n) is 7.75. The predicted molar refractivity (Wildman–Crippen MR) is 91.8 cm³/mol. The first-order valence-corrected chi connectivity index (χ1v) is 7.75. The second-order valence-electron chi connectivity index (χ2n) is 5.65. The van der Waals surface area contributed by atoms with E-state index in [0.717, 1.165) is 18.7 Å². The predicted octanol–water partition coefficient (Wildman–Crippen LogP) is 3.36. The summed E-state index contributed by atoms with van der Waals surface area (Å²) in [5, 5.41) is 10.2. The van der Waals surface area contributed by atoms with Crippen LogP contribution in [0.1, 0.15) is 16.7 Å². The number of nitrogens with zero attached hydrogens (tertiary/aromatic N) is 1. The quantitative estimate of drug-likeness (QED) is 0.811. The van der Waals surface area contributed by atoms with Gasteiger partial charge in [-0.3, -0.25) is 4.90 Å². The number of rotatable bonds is 8. The number of benzene rings is 2. The first-order chi connectivity index (χ1) is 11.1. The monoisotopic (exact) mass is 315 g/mol.